The average Bonchev–Trinajstić information content (AvgIpc) is 2.22. The van der Waals surface area contributed by atoms with Gasteiger partial charge < -0.3 is 5.32 Å². The molecule has 1 aromatic carbocycles. The Bertz CT molecular complexity index is 535. The summed E-state index contributed by atoms with van der Waals surface area (Å²) in [4.78, 5) is 8.50. The molecule has 3 nitrogen and oxygen atoms in total. The highest BCUT2D eigenvalue weighted by Gasteiger charge is 2.03. The molecule has 0 aliphatic carbocycles. The van der Waals surface area contributed by atoms with Gasteiger partial charge in [-0.15, -0.1) is 0 Å². The predicted molar refractivity (Wildman–Crippen MR) is 76.6 cm³/mol. The topological polar surface area (TPSA) is 37.8 Å². The van der Waals surface area contributed by atoms with Crippen molar-refractivity contribution in [2.75, 3.05) is 5.32 Å². The number of rotatable bonds is 2. The number of hydrogen-bond donors (Lipinski definition) is 1. The minimum absolute atomic E-state index is 0.727. The van der Waals surface area contributed by atoms with E-state index in [1.54, 1.807) is 0 Å². The van der Waals surface area contributed by atoms with Crippen LogP contribution in [0.3, 0.4) is 0 Å². The van der Waals surface area contributed by atoms with Gasteiger partial charge in [0.2, 0.25) is 0 Å². The Morgan fingerprint density at radius 2 is 1.82 bits per heavy atom. The third-order valence-electron chi connectivity index (χ3n) is 2.19. The molecule has 2 rings (SSSR count). The van der Waals surface area contributed by atoms with Crippen LogP contribution in [0.5, 0.6) is 0 Å². The second-order valence-corrected chi connectivity index (χ2v) is 5.40. The Morgan fingerprint density at radius 1 is 1.06 bits per heavy atom. The SMILES string of the molecule is Cc1ccc(Br)c(Nc2cc(Br)nc(C)n2)c1. The molecule has 17 heavy (non-hydrogen) atoms. The minimum Gasteiger partial charge on any atom is -0.339 e. The van der Waals surface area contributed by atoms with Gasteiger partial charge in [0.05, 0.1) is 5.69 Å². The summed E-state index contributed by atoms with van der Waals surface area (Å²) in [6.45, 7) is 3.92. The Balaban J connectivity index is 2.34. The van der Waals surface area contributed by atoms with Crippen LogP contribution < -0.4 is 5.32 Å². The van der Waals surface area contributed by atoms with Crippen molar-refractivity contribution in [3.63, 3.8) is 0 Å². The molecule has 5 heteroatoms. The van der Waals surface area contributed by atoms with Crippen molar-refractivity contribution in [2.45, 2.75) is 13.8 Å². The average molecular weight is 357 g/mol. The summed E-state index contributed by atoms with van der Waals surface area (Å²) in [7, 11) is 0. The smallest absolute Gasteiger partial charge is 0.135 e. The van der Waals surface area contributed by atoms with Crippen LogP contribution in [0, 0.1) is 13.8 Å². The molecule has 0 bridgehead atoms. The third kappa shape index (κ3) is 3.26. The van der Waals surface area contributed by atoms with Crippen molar-refractivity contribution in [1.82, 2.24) is 9.97 Å². The molecule has 1 heterocycles. The summed E-state index contributed by atoms with van der Waals surface area (Å²) >= 11 is 6.86. The largest absolute Gasteiger partial charge is 0.339 e. The quantitative estimate of drug-likeness (QED) is 0.812. The van der Waals surface area contributed by atoms with Crippen LogP contribution in [0.25, 0.3) is 0 Å². The van der Waals surface area contributed by atoms with E-state index in [-0.39, 0.29) is 0 Å². The highest BCUT2D eigenvalue weighted by atomic mass is 79.9. The lowest BCUT2D eigenvalue weighted by Gasteiger charge is -2.09. The molecule has 0 aliphatic rings. The molecule has 0 spiro atoms. The van der Waals surface area contributed by atoms with Crippen LogP contribution in [0.1, 0.15) is 11.4 Å². The summed E-state index contributed by atoms with van der Waals surface area (Å²) in [6.07, 6.45) is 0. The summed E-state index contributed by atoms with van der Waals surface area (Å²) in [5.41, 5.74) is 2.19. The molecule has 1 aromatic heterocycles. The number of halogens is 2. The number of aryl methyl sites for hydroxylation is 2. The van der Waals surface area contributed by atoms with Crippen molar-refractivity contribution in [1.29, 1.82) is 0 Å². The first-order chi connectivity index (χ1) is 8.04. The Labute approximate surface area is 117 Å². The van der Waals surface area contributed by atoms with Gasteiger partial charge >= 0.3 is 0 Å². The number of anilines is 2. The minimum atomic E-state index is 0.727. The van der Waals surface area contributed by atoms with E-state index in [2.05, 4.69) is 66.2 Å². The van der Waals surface area contributed by atoms with Crippen molar-refractivity contribution in [3.05, 3.63) is 44.7 Å². The van der Waals surface area contributed by atoms with Gasteiger partial charge in [-0.05, 0) is 63.4 Å². The Morgan fingerprint density at radius 3 is 2.53 bits per heavy atom. The van der Waals surface area contributed by atoms with Gasteiger partial charge in [-0.1, -0.05) is 6.07 Å². The monoisotopic (exact) mass is 355 g/mol. The second kappa shape index (κ2) is 5.14. The number of benzene rings is 1. The first-order valence-corrected chi connectivity index (χ1v) is 6.67. The van der Waals surface area contributed by atoms with Gasteiger partial charge in [-0.3, -0.25) is 0 Å². The van der Waals surface area contributed by atoms with Crippen molar-refractivity contribution in [3.8, 4) is 0 Å². The molecule has 0 saturated carbocycles. The molecule has 1 N–H and O–H groups in total. The predicted octanol–water partition coefficient (Wildman–Crippen LogP) is 4.36. The fraction of sp³-hybridized carbons (Fsp3) is 0.167. The Hall–Kier alpha value is -0.940. The molecule has 0 aliphatic heterocycles. The second-order valence-electron chi connectivity index (χ2n) is 3.73. The molecule has 0 radical (unpaired) electrons. The van der Waals surface area contributed by atoms with Crippen molar-refractivity contribution in [2.24, 2.45) is 0 Å². The summed E-state index contributed by atoms with van der Waals surface area (Å²) < 4.78 is 1.78. The van der Waals surface area contributed by atoms with Gasteiger partial charge in [0.25, 0.3) is 0 Å². The van der Waals surface area contributed by atoms with E-state index in [1.807, 2.05) is 19.1 Å². The molecule has 2 aromatic rings. The summed E-state index contributed by atoms with van der Waals surface area (Å²) in [5, 5.41) is 3.27. The molecule has 0 saturated heterocycles. The van der Waals surface area contributed by atoms with E-state index < -0.39 is 0 Å². The molecular formula is C12H11Br2N3. The van der Waals surface area contributed by atoms with Crippen molar-refractivity contribution < 1.29 is 0 Å². The van der Waals surface area contributed by atoms with Crippen LogP contribution >= 0.6 is 31.9 Å². The van der Waals surface area contributed by atoms with Crippen LogP contribution in [0.15, 0.2) is 33.3 Å². The van der Waals surface area contributed by atoms with E-state index >= 15 is 0 Å². The van der Waals surface area contributed by atoms with E-state index in [0.29, 0.717) is 0 Å². The fourth-order valence-electron chi connectivity index (χ4n) is 1.47. The van der Waals surface area contributed by atoms with Gasteiger partial charge in [-0.25, -0.2) is 9.97 Å². The van der Waals surface area contributed by atoms with Crippen LogP contribution in [-0.4, -0.2) is 9.97 Å². The number of hydrogen-bond acceptors (Lipinski definition) is 3. The van der Waals surface area contributed by atoms with E-state index in [0.717, 1.165) is 26.4 Å². The lowest BCUT2D eigenvalue weighted by molar-refractivity contribution is 1.04. The van der Waals surface area contributed by atoms with Gasteiger partial charge in [-0.2, -0.15) is 0 Å². The Kier molecular flexibility index (Phi) is 3.79. The highest BCUT2D eigenvalue weighted by Crippen LogP contribution is 2.26. The van der Waals surface area contributed by atoms with Crippen molar-refractivity contribution >= 4 is 43.4 Å². The van der Waals surface area contributed by atoms with Gasteiger partial charge in [0.1, 0.15) is 16.2 Å². The lowest BCUT2D eigenvalue weighted by Crippen LogP contribution is -1.98. The molecule has 0 unspecified atom stereocenters. The van der Waals surface area contributed by atoms with Gasteiger partial charge in [0, 0.05) is 10.5 Å². The molecule has 88 valence electrons. The zero-order valence-corrected chi connectivity index (χ0v) is 12.6. The molecule has 0 amide bonds. The maximum atomic E-state index is 4.33. The lowest BCUT2D eigenvalue weighted by atomic mass is 10.2. The first kappa shape index (κ1) is 12.5. The van der Waals surface area contributed by atoms with Crippen LogP contribution in [0.4, 0.5) is 11.5 Å². The maximum Gasteiger partial charge on any atom is 0.135 e. The first-order valence-electron chi connectivity index (χ1n) is 5.09. The highest BCUT2D eigenvalue weighted by molar-refractivity contribution is 9.10. The summed E-state index contributed by atoms with van der Waals surface area (Å²) in [6, 6.07) is 7.98. The zero-order valence-electron chi connectivity index (χ0n) is 9.46. The van der Waals surface area contributed by atoms with Gasteiger partial charge in [0.15, 0.2) is 0 Å². The normalized spacial score (nSPS) is 10.4. The standard InChI is InChI=1S/C12H11Br2N3/c1-7-3-4-9(13)10(5-7)17-12-6-11(14)15-8(2)16-12/h3-6H,1-2H3,(H,15,16,17). The number of nitrogens with zero attached hydrogens (tertiary/aromatic N) is 2. The summed E-state index contributed by atoms with van der Waals surface area (Å²) in [5.74, 6) is 1.50. The maximum absolute atomic E-state index is 4.33. The van der Waals surface area contributed by atoms with Crippen LogP contribution in [-0.2, 0) is 0 Å². The number of aromatic nitrogens is 2. The van der Waals surface area contributed by atoms with E-state index in [1.165, 1.54) is 5.56 Å². The molecular weight excluding hydrogens is 346 g/mol. The molecule has 0 fully saturated rings. The van der Waals surface area contributed by atoms with E-state index in [4.69, 9.17) is 0 Å². The number of nitrogens with one attached hydrogen (secondary N) is 1. The fourth-order valence-corrected chi connectivity index (χ4v) is 2.29. The van der Waals surface area contributed by atoms with E-state index in [9.17, 15) is 0 Å². The zero-order chi connectivity index (χ0) is 12.4. The third-order valence-corrected chi connectivity index (χ3v) is 3.29. The van der Waals surface area contributed by atoms with Crippen LogP contribution in [0.2, 0.25) is 0 Å². The molecule has 0 atom stereocenters.